The summed E-state index contributed by atoms with van der Waals surface area (Å²) in [6.07, 6.45) is -0.622. The summed E-state index contributed by atoms with van der Waals surface area (Å²) in [5.41, 5.74) is 1.60. The highest BCUT2D eigenvalue weighted by molar-refractivity contribution is 14.0. The fourth-order valence-corrected chi connectivity index (χ4v) is 4.21. The predicted molar refractivity (Wildman–Crippen MR) is 139 cm³/mol. The van der Waals surface area contributed by atoms with E-state index in [0.717, 1.165) is 20.5 Å². The van der Waals surface area contributed by atoms with Crippen LogP contribution in [-0.2, 0) is 13.1 Å². The van der Waals surface area contributed by atoms with Crippen molar-refractivity contribution in [2.24, 2.45) is 4.99 Å². The molecule has 3 aromatic rings. The minimum Gasteiger partial charge on any atom is -0.386 e. The van der Waals surface area contributed by atoms with E-state index in [2.05, 4.69) is 21.7 Å². The Kier molecular flexibility index (Phi) is 10.1. The van der Waals surface area contributed by atoms with Crippen LogP contribution in [0.25, 0.3) is 10.1 Å². The van der Waals surface area contributed by atoms with Crippen molar-refractivity contribution in [2.45, 2.75) is 26.1 Å². The van der Waals surface area contributed by atoms with Gasteiger partial charge in [-0.25, -0.2) is 9.38 Å². The number of hydrogen-bond acceptors (Lipinski definition) is 4. The number of aliphatic imine (C=N–C) groups is 1. The van der Waals surface area contributed by atoms with E-state index in [4.69, 9.17) is 0 Å². The third-order valence-electron chi connectivity index (χ3n) is 4.60. The molecule has 1 aromatic heterocycles. The lowest BCUT2D eigenvalue weighted by molar-refractivity contribution is 0.184. The molecule has 5 nitrogen and oxygen atoms in total. The van der Waals surface area contributed by atoms with Crippen molar-refractivity contribution in [1.29, 1.82) is 0 Å². The van der Waals surface area contributed by atoms with Crippen molar-refractivity contribution in [1.82, 2.24) is 15.5 Å². The quantitative estimate of drug-likeness (QED) is 0.217. The fraction of sp³-hybridized carbons (Fsp3) is 0.348. The largest absolute Gasteiger partial charge is 0.386 e. The highest BCUT2D eigenvalue weighted by Gasteiger charge is 2.12. The summed E-state index contributed by atoms with van der Waals surface area (Å²) < 4.78 is 15.1. The summed E-state index contributed by atoms with van der Waals surface area (Å²) in [7, 11) is 3.83. The van der Waals surface area contributed by atoms with Crippen LogP contribution in [0.2, 0.25) is 0 Å². The van der Waals surface area contributed by atoms with Gasteiger partial charge in [0.15, 0.2) is 5.96 Å². The topological polar surface area (TPSA) is 59.9 Å². The van der Waals surface area contributed by atoms with Crippen LogP contribution >= 0.6 is 35.3 Å². The number of hydrogen-bond donors (Lipinski definition) is 3. The van der Waals surface area contributed by atoms with E-state index in [-0.39, 0.29) is 29.8 Å². The predicted octanol–water partition coefficient (Wildman–Crippen LogP) is 4.51. The SMILES string of the molecule is CCNC(=NCc1ccc(F)c(CN(C)C)c1)NCC(O)c1cc2ccccc2s1.I. The molecule has 0 saturated carbocycles. The average molecular weight is 556 g/mol. The number of benzene rings is 2. The summed E-state index contributed by atoms with van der Waals surface area (Å²) in [4.78, 5) is 7.45. The summed E-state index contributed by atoms with van der Waals surface area (Å²) in [5.74, 6) is 0.420. The Morgan fingerprint density at radius 1 is 1.16 bits per heavy atom. The van der Waals surface area contributed by atoms with Crippen LogP contribution in [0.5, 0.6) is 0 Å². The first-order valence-corrected chi connectivity index (χ1v) is 10.9. The van der Waals surface area contributed by atoms with E-state index in [9.17, 15) is 9.50 Å². The molecule has 0 amide bonds. The number of nitrogens with one attached hydrogen (secondary N) is 2. The number of fused-ring (bicyclic) bond motifs is 1. The molecule has 0 radical (unpaired) electrons. The average Bonchev–Trinajstić information content (AvgIpc) is 3.16. The van der Waals surface area contributed by atoms with Crippen molar-refractivity contribution in [2.75, 3.05) is 27.2 Å². The van der Waals surface area contributed by atoms with Gasteiger partial charge in [-0.15, -0.1) is 35.3 Å². The van der Waals surface area contributed by atoms with Gasteiger partial charge in [-0.2, -0.15) is 0 Å². The highest BCUT2D eigenvalue weighted by Crippen LogP contribution is 2.29. The van der Waals surface area contributed by atoms with Crippen molar-refractivity contribution in [3.8, 4) is 0 Å². The molecule has 0 bridgehead atoms. The first-order valence-electron chi connectivity index (χ1n) is 10.1. The van der Waals surface area contributed by atoms with Crippen LogP contribution < -0.4 is 10.6 Å². The summed E-state index contributed by atoms with van der Waals surface area (Å²) in [6, 6.07) is 15.2. The maximum atomic E-state index is 14.0. The first-order chi connectivity index (χ1) is 14.5. The third-order valence-corrected chi connectivity index (χ3v) is 5.81. The van der Waals surface area contributed by atoms with Crippen LogP contribution in [0.4, 0.5) is 4.39 Å². The van der Waals surface area contributed by atoms with Crippen LogP contribution in [-0.4, -0.2) is 43.2 Å². The van der Waals surface area contributed by atoms with Crippen molar-refractivity contribution in [3.63, 3.8) is 0 Å². The van der Waals surface area contributed by atoms with Crippen molar-refractivity contribution >= 4 is 51.4 Å². The second kappa shape index (κ2) is 12.3. The second-order valence-electron chi connectivity index (χ2n) is 7.44. The molecule has 3 rings (SSSR count). The van der Waals surface area contributed by atoms with Crippen LogP contribution in [0.15, 0.2) is 53.5 Å². The van der Waals surface area contributed by atoms with Gasteiger partial charge < -0.3 is 20.6 Å². The number of halogens is 2. The molecule has 2 aromatic carbocycles. The molecule has 0 aliphatic heterocycles. The molecule has 0 saturated heterocycles. The van der Waals surface area contributed by atoms with Gasteiger partial charge in [-0.1, -0.05) is 24.3 Å². The molecule has 0 aliphatic rings. The number of nitrogens with zero attached hydrogens (tertiary/aromatic N) is 2. The lowest BCUT2D eigenvalue weighted by Gasteiger charge is -2.15. The molecule has 1 atom stereocenters. The molecule has 168 valence electrons. The standard InChI is InChI=1S/C23H29FN4OS.HI/c1-4-25-23(26-13-16-9-10-19(24)18(11-16)15-28(2)3)27-14-20(29)22-12-17-7-5-6-8-21(17)30-22;/h5-12,20,29H,4,13-15H2,1-3H3,(H2,25,26,27);1H. The van der Waals surface area contributed by atoms with E-state index in [1.807, 2.05) is 56.3 Å². The Bertz CT molecular complexity index is 975. The van der Waals surface area contributed by atoms with E-state index in [1.54, 1.807) is 17.4 Å². The Morgan fingerprint density at radius 3 is 2.65 bits per heavy atom. The highest BCUT2D eigenvalue weighted by atomic mass is 127. The smallest absolute Gasteiger partial charge is 0.191 e. The van der Waals surface area contributed by atoms with Gasteiger partial charge in [0.2, 0.25) is 0 Å². The van der Waals surface area contributed by atoms with Gasteiger partial charge in [-0.05, 0) is 56.2 Å². The van der Waals surface area contributed by atoms with E-state index >= 15 is 0 Å². The summed E-state index contributed by atoms with van der Waals surface area (Å²) in [6.45, 7) is 4.03. The number of aliphatic hydroxyl groups is 1. The molecule has 1 unspecified atom stereocenters. The van der Waals surface area contributed by atoms with Gasteiger partial charge >= 0.3 is 0 Å². The van der Waals surface area contributed by atoms with Gasteiger partial charge in [0.25, 0.3) is 0 Å². The van der Waals surface area contributed by atoms with Crippen LogP contribution in [0, 0.1) is 5.82 Å². The molecule has 0 spiro atoms. The molecule has 8 heteroatoms. The van der Waals surface area contributed by atoms with Crippen LogP contribution in [0.3, 0.4) is 0 Å². The second-order valence-corrected chi connectivity index (χ2v) is 8.56. The molecule has 31 heavy (non-hydrogen) atoms. The molecular formula is C23H30FIN4OS. The maximum Gasteiger partial charge on any atom is 0.191 e. The molecule has 0 aliphatic carbocycles. The maximum absolute atomic E-state index is 14.0. The number of thiophene rings is 1. The summed E-state index contributed by atoms with van der Waals surface area (Å²) in [5, 5.41) is 18.1. The van der Waals surface area contributed by atoms with Crippen molar-refractivity contribution in [3.05, 3.63) is 70.4 Å². The zero-order valence-corrected chi connectivity index (χ0v) is 21.2. The summed E-state index contributed by atoms with van der Waals surface area (Å²) >= 11 is 1.60. The molecule has 1 heterocycles. The lowest BCUT2D eigenvalue weighted by atomic mass is 10.1. The number of aliphatic hydroxyl groups excluding tert-OH is 1. The van der Waals surface area contributed by atoms with Crippen molar-refractivity contribution < 1.29 is 9.50 Å². The third kappa shape index (κ3) is 7.41. The van der Waals surface area contributed by atoms with Gasteiger partial charge in [0.1, 0.15) is 11.9 Å². The molecule has 3 N–H and O–H groups in total. The van der Waals surface area contributed by atoms with Crippen LogP contribution in [0.1, 0.15) is 29.0 Å². The van der Waals surface area contributed by atoms with Gasteiger partial charge in [0.05, 0.1) is 6.54 Å². The van der Waals surface area contributed by atoms with E-state index in [0.29, 0.717) is 37.7 Å². The first kappa shape index (κ1) is 25.5. The Balaban J connectivity index is 0.00000341. The van der Waals surface area contributed by atoms with Gasteiger partial charge in [-0.3, -0.25) is 0 Å². The zero-order chi connectivity index (χ0) is 21.5. The molecule has 0 fully saturated rings. The minimum atomic E-state index is -0.622. The number of guanidine groups is 1. The lowest BCUT2D eigenvalue weighted by Crippen LogP contribution is -2.39. The van der Waals surface area contributed by atoms with Gasteiger partial charge in [0, 0.05) is 34.8 Å². The van der Waals surface area contributed by atoms with E-state index < -0.39 is 6.10 Å². The number of rotatable bonds is 8. The fourth-order valence-electron chi connectivity index (χ4n) is 3.16. The monoisotopic (exact) mass is 556 g/mol. The Labute approximate surface area is 204 Å². The molecular weight excluding hydrogens is 526 g/mol. The minimum absolute atomic E-state index is 0. The van der Waals surface area contributed by atoms with E-state index in [1.165, 1.54) is 6.07 Å². The normalized spacial score (nSPS) is 12.6. The zero-order valence-electron chi connectivity index (χ0n) is 18.1. The Hall–Kier alpha value is -1.75. The Morgan fingerprint density at radius 2 is 1.94 bits per heavy atom.